The van der Waals surface area contributed by atoms with Crippen LogP contribution in [0.3, 0.4) is 0 Å². The number of aromatic amines is 1. The van der Waals surface area contributed by atoms with Gasteiger partial charge in [0.05, 0.1) is 17.4 Å². The summed E-state index contributed by atoms with van der Waals surface area (Å²) in [5.41, 5.74) is 1.07. The molecule has 0 bridgehead atoms. The van der Waals surface area contributed by atoms with Crippen molar-refractivity contribution in [2.75, 3.05) is 24.3 Å². The summed E-state index contributed by atoms with van der Waals surface area (Å²) < 4.78 is 20.2. The van der Waals surface area contributed by atoms with Gasteiger partial charge in [-0.1, -0.05) is 17.7 Å². The second kappa shape index (κ2) is 10.2. The summed E-state index contributed by atoms with van der Waals surface area (Å²) in [6.07, 6.45) is 2.64. The smallest absolute Gasteiger partial charge is 0.337 e. The van der Waals surface area contributed by atoms with Gasteiger partial charge >= 0.3 is 12.0 Å². The van der Waals surface area contributed by atoms with E-state index in [4.69, 9.17) is 16.3 Å². The largest absolute Gasteiger partial charge is 0.478 e. The lowest BCUT2D eigenvalue weighted by Crippen LogP contribution is -2.45. The molecule has 1 aliphatic heterocycles. The van der Waals surface area contributed by atoms with Crippen LogP contribution in [0.25, 0.3) is 11.1 Å². The van der Waals surface area contributed by atoms with Crippen molar-refractivity contribution in [1.82, 2.24) is 9.88 Å². The highest BCUT2D eigenvalue weighted by Crippen LogP contribution is 2.29. The third-order valence-corrected chi connectivity index (χ3v) is 6.02. The molecule has 3 amide bonds. The zero-order chi connectivity index (χ0) is 25.1. The first kappa shape index (κ1) is 24.2. The monoisotopic (exact) mass is 500 g/mol. The summed E-state index contributed by atoms with van der Waals surface area (Å²) in [5.74, 6) is -2.47. The number of H-pyrrole nitrogens is 1. The van der Waals surface area contributed by atoms with Gasteiger partial charge in [0.1, 0.15) is 11.9 Å². The van der Waals surface area contributed by atoms with E-state index in [1.54, 1.807) is 24.3 Å². The Morgan fingerprint density at radius 1 is 1.14 bits per heavy atom. The van der Waals surface area contributed by atoms with Crippen LogP contribution < -0.4 is 10.6 Å². The zero-order valence-electron chi connectivity index (χ0n) is 18.5. The van der Waals surface area contributed by atoms with Crippen LogP contribution in [0, 0.1) is 5.82 Å². The Bertz CT molecular complexity index is 1260. The number of rotatable bonds is 6. The summed E-state index contributed by atoms with van der Waals surface area (Å²) >= 11 is 5.88. The van der Waals surface area contributed by atoms with Crippen LogP contribution in [0.2, 0.25) is 5.02 Å². The van der Waals surface area contributed by atoms with Crippen LogP contribution in [-0.4, -0.2) is 58.7 Å². The minimum atomic E-state index is -1.15. The van der Waals surface area contributed by atoms with Gasteiger partial charge in [-0.2, -0.15) is 0 Å². The highest BCUT2D eigenvalue weighted by Gasteiger charge is 2.40. The Morgan fingerprint density at radius 3 is 2.54 bits per heavy atom. The predicted octanol–water partition coefficient (Wildman–Crippen LogP) is 4.43. The second-order valence-electron chi connectivity index (χ2n) is 7.97. The van der Waals surface area contributed by atoms with Crippen LogP contribution >= 0.6 is 11.6 Å². The summed E-state index contributed by atoms with van der Waals surface area (Å²) in [5, 5.41) is 15.0. The number of nitrogens with zero attached hydrogens (tertiary/aromatic N) is 1. The van der Waals surface area contributed by atoms with Crippen molar-refractivity contribution in [3.63, 3.8) is 0 Å². The number of ether oxygens (including phenoxy) is 1. The fourth-order valence-electron chi connectivity index (χ4n) is 3.95. The Morgan fingerprint density at radius 2 is 1.89 bits per heavy atom. The van der Waals surface area contributed by atoms with Gasteiger partial charge in [0.15, 0.2) is 0 Å². The van der Waals surface area contributed by atoms with Gasteiger partial charge in [0.25, 0.3) is 0 Å². The lowest BCUT2D eigenvalue weighted by atomic mass is 10.0. The molecule has 1 aromatic heterocycles. The third-order valence-electron chi connectivity index (χ3n) is 5.77. The predicted molar refractivity (Wildman–Crippen MR) is 128 cm³/mol. The minimum absolute atomic E-state index is 0.0000835. The average molecular weight is 501 g/mol. The van der Waals surface area contributed by atoms with Crippen LogP contribution in [0.1, 0.15) is 16.8 Å². The Kier molecular flexibility index (Phi) is 7.04. The number of anilines is 2. The number of urea groups is 1. The summed E-state index contributed by atoms with van der Waals surface area (Å²) in [4.78, 5) is 41.3. The first-order valence-electron chi connectivity index (χ1n) is 10.6. The average Bonchev–Trinajstić information content (AvgIpc) is 3.49. The molecule has 4 N–H and O–H groups in total. The Hall–Kier alpha value is -3.89. The number of carboxylic acid groups (broad SMARTS) is 1. The zero-order valence-corrected chi connectivity index (χ0v) is 19.3. The van der Waals surface area contributed by atoms with E-state index in [0.717, 1.165) is 6.07 Å². The number of hydrogen-bond donors (Lipinski definition) is 4. The molecule has 2 unspecified atom stereocenters. The van der Waals surface area contributed by atoms with E-state index in [9.17, 15) is 23.9 Å². The number of methoxy groups -OCH3 is 1. The molecule has 0 spiro atoms. The van der Waals surface area contributed by atoms with Crippen molar-refractivity contribution >= 4 is 40.9 Å². The maximum atomic E-state index is 14.8. The number of benzene rings is 2. The fourth-order valence-corrected chi connectivity index (χ4v) is 4.08. The number of hydrogen-bond acceptors (Lipinski definition) is 4. The third kappa shape index (κ3) is 5.28. The van der Waals surface area contributed by atoms with Gasteiger partial charge in [0, 0.05) is 48.7 Å². The molecule has 0 radical (unpaired) electrons. The van der Waals surface area contributed by atoms with E-state index < -0.39 is 29.8 Å². The van der Waals surface area contributed by atoms with Gasteiger partial charge < -0.3 is 30.4 Å². The number of halogens is 2. The molecule has 1 saturated heterocycles. The number of likely N-dealkylation sites (tertiary alicyclic amines) is 1. The van der Waals surface area contributed by atoms with E-state index in [-0.39, 0.29) is 30.3 Å². The first-order chi connectivity index (χ1) is 16.8. The summed E-state index contributed by atoms with van der Waals surface area (Å²) in [6, 6.07) is 9.13. The molecule has 11 heteroatoms. The molecule has 4 rings (SSSR count). The normalized spacial score (nSPS) is 17.3. The van der Waals surface area contributed by atoms with E-state index in [2.05, 4.69) is 15.6 Å². The van der Waals surface area contributed by atoms with Gasteiger partial charge in [-0.3, -0.25) is 4.79 Å². The lowest BCUT2D eigenvalue weighted by Gasteiger charge is -2.24. The van der Waals surface area contributed by atoms with E-state index in [1.165, 1.54) is 36.5 Å². The minimum Gasteiger partial charge on any atom is -0.478 e. The van der Waals surface area contributed by atoms with Crippen molar-refractivity contribution < 1.29 is 28.6 Å². The molecule has 1 aliphatic rings. The maximum Gasteiger partial charge on any atom is 0.337 e. The number of aromatic carboxylic acids is 1. The maximum absolute atomic E-state index is 14.8. The fraction of sp³-hybridized carbons (Fsp3) is 0.208. The second-order valence-corrected chi connectivity index (χ2v) is 8.41. The van der Waals surface area contributed by atoms with Crippen molar-refractivity contribution in [3.8, 4) is 11.1 Å². The number of carbonyl (C=O) groups is 3. The van der Waals surface area contributed by atoms with E-state index in [1.807, 2.05) is 0 Å². The van der Waals surface area contributed by atoms with Gasteiger partial charge in [-0.25, -0.2) is 14.0 Å². The van der Waals surface area contributed by atoms with E-state index in [0.29, 0.717) is 21.8 Å². The molecule has 9 nitrogen and oxygen atoms in total. The van der Waals surface area contributed by atoms with E-state index >= 15 is 0 Å². The van der Waals surface area contributed by atoms with Crippen LogP contribution in [-0.2, 0) is 9.53 Å². The quantitative estimate of drug-likeness (QED) is 0.398. The van der Waals surface area contributed by atoms with Gasteiger partial charge in [-0.05, 0) is 42.0 Å². The number of amides is 3. The molecule has 2 heterocycles. The van der Waals surface area contributed by atoms with Gasteiger partial charge in [-0.15, -0.1) is 0 Å². The molecular weight excluding hydrogens is 479 g/mol. The number of nitrogens with one attached hydrogen (secondary N) is 3. The summed E-state index contributed by atoms with van der Waals surface area (Å²) in [7, 11) is 1.49. The molecule has 2 aromatic carbocycles. The van der Waals surface area contributed by atoms with Crippen LogP contribution in [0.5, 0.6) is 0 Å². The molecule has 3 aromatic rings. The first-order valence-corrected chi connectivity index (χ1v) is 11.0. The van der Waals surface area contributed by atoms with Gasteiger partial charge in [0.2, 0.25) is 5.91 Å². The molecule has 1 fully saturated rings. The molecule has 182 valence electrons. The molecule has 0 saturated carbocycles. The Labute approximate surface area is 204 Å². The van der Waals surface area contributed by atoms with Crippen molar-refractivity contribution in [2.24, 2.45) is 0 Å². The topological polar surface area (TPSA) is 124 Å². The van der Waals surface area contributed by atoms with Crippen LogP contribution in [0.15, 0.2) is 54.9 Å². The molecule has 2 atom stereocenters. The number of aromatic nitrogens is 1. The van der Waals surface area contributed by atoms with Crippen molar-refractivity contribution in [2.45, 2.75) is 18.6 Å². The highest BCUT2D eigenvalue weighted by molar-refractivity contribution is 6.30. The van der Waals surface area contributed by atoms with Crippen molar-refractivity contribution in [3.05, 3.63) is 71.3 Å². The molecule has 0 aliphatic carbocycles. The Balaban J connectivity index is 1.50. The standard InChI is InChI=1S/C24H22ClFN4O5/c1-35-16-9-21(30(12-16)24(34)28-15-5-3-14(25)4-6-15)22(31)29-20-7-2-13(8-19(20)26)17-10-27-11-18(17)23(32)33/h2-8,10-11,16,21,27H,9,12H2,1H3,(H,28,34)(H,29,31)(H,32,33). The van der Waals surface area contributed by atoms with Crippen LogP contribution in [0.4, 0.5) is 20.6 Å². The highest BCUT2D eigenvalue weighted by atomic mass is 35.5. The summed E-state index contributed by atoms with van der Waals surface area (Å²) in [6.45, 7) is 0.181. The SMILES string of the molecule is COC1CC(C(=O)Nc2ccc(-c3c[nH]cc3C(=O)O)cc2F)N(C(=O)Nc2ccc(Cl)cc2)C1. The molecule has 35 heavy (non-hydrogen) atoms. The molecular formula is C24H22ClFN4O5. The lowest BCUT2D eigenvalue weighted by molar-refractivity contribution is -0.119. The number of carboxylic acids is 1. The van der Waals surface area contributed by atoms with Crippen molar-refractivity contribution in [1.29, 1.82) is 0 Å². The number of carbonyl (C=O) groups excluding carboxylic acids is 2.